The van der Waals surface area contributed by atoms with Crippen molar-refractivity contribution in [2.24, 2.45) is 0 Å². The molecule has 5 rings (SSSR count). The Bertz CT molecular complexity index is 1720. The zero-order chi connectivity index (χ0) is 29.6. The van der Waals surface area contributed by atoms with E-state index >= 15 is 0 Å². The van der Waals surface area contributed by atoms with Gasteiger partial charge in [0, 0.05) is 29.1 Å². The Morgan fingerprint density at radius 2 is 1.67 bits per heavy atom. The first-order valence-electron chi connectivity index (χ1n) is 12.8. The van der Waals surface area contributed by atoms with Gasteiger partial charge in [-0.05, 0) is 74.2 Å². The molecule has 0 aliphatic heterocycles. The van der Waals surface area contributed by atoms with Crippen molar-refractivity contribution < 1.29 is 28.2 Å². The second-order valence-corrected chi connectivity index (χ2v) is 10.9. The highest BCUT2D eigenvalue weighted by atomic mass is 79.9. The van der Waals surface area contributed by atoms with Gasteiger partial charge in [-0.3, -0.25) is 4.79 Å². The Labute approximate surface area is 260 Å². The van der Waals surface area contributed by atoms with E-state index in [9.17, 15) is 9.59 Å². The van der Waals surface area contributed by atoms with Crippen LogP contribution in [0.1, 0.15) is 21.7 Å². The minimum Gasteiger partial charge on any atom is -0.477 e. The summed E-state index contributed by atoms with van der Waals surface area (Å²) in [5.41, 5.74) is 1.84. The lowest BCUT2D eigenvalue weighted by Gasteiger charge is -2.19. The average molecular weight is 669 g/mol. The molecule has 214 valence electrons. The monoisotopic (exact) mass is 667 g/mol. The van der Waals surface area contributed by atoms with Gasteiger partial charge in [-0.2, -0.15) is 0 Å². The van der Waals surface area contributed by atoms with Crippen LogP contribution in [0.3, 0.4) is 0 Å². The molecule has 42 heavy (non-hydrogen) atoms. The van der Waals surface area contributed by atoms with E-state index in [0.29, 0.717) is 32.4 Å². The van der Waals surface area contributed by atoms with E-state index in [-0.39, 0.29) is 18.3 Å². The van der Waals surface area contributed by atoms with Crippen molar-refractivity contribution in [1.29, 1.82) is 0 Å². The highest BCUT2D eigenvalue weighted by molar-refractivity contribution is 9.10. The van der Waals surface area contributed by atoms with Crippen LogP contribution in [0.4, 0.5) is 0 Å². The quantitative estimate of drug-likeness (QED) is 0.150. The van der Waals surface area contributed by atoms with E-state index in [0.717, 1.165) is 21.9 Å². The Morgan fingerprint density at radius 3 is 2.40 bits per heavy atom. The zero-order valence-corrected chi connectivity index (χ0v) is 25.3. The van der Waals surface area contributed by atoms with E-state index in [1.807, 2.05) is 54.6 Å². The summed E-state index contributed by atoms with van der Waals surface area (Å²) in [5, 5.41) is 5.50. The second kappa shape index (κ2) is 13.3. The van der Waals surface area contributed by atoms with Gasteiger partial charge < -0.3 is 23.9 Å². The molecule has 10 heteroatoms. The highest BCUT2D eigenvalue weighted by Gasteiger charge is 2.23. The number of hydrogen-bond donors (Lipinski definition) is 1. The number of hydrogen-bond acceptors (Lipinski definition) is 6. The van der Waals surface area contributed by atoms with Crippen molar-refractivity contribution in [1.82, 2.24) is 5.32 Å². The zero-order valence-electron chi connectivity index (χ0n) is 22.2. The largest absolute Gasteiger partial charge is 0.477 e. The molecule has 1 unspecified atom stereocenters. The lowest BCUT2D eigenvalue weighted by Crippen LogP contribution is -2.31. The SMILES string of the molecule is COC(=O)C(Cc1ccccc1)Oc1ccc2cc(CNC(=O)c3ccc(Oc4cc(Cl)cc(Cl)c4)o3)ccc2c1Br. The molecule has 0 saturated heterocycles. The summed E-state index contributed by atoms with van der Waals surface area (Å²) in [4.78, 5) is 25.2. The van der Waals surface area contributed by atoms with Gasteiger partial charge >= 0.3 is 5.97 Å². The standard InChI is InChI=1S/C32H24BrCl2NO6/c1-39-32(38)28(14-19-5-3-2-4-6-19)41-26-10-8-21-13-20(7-9-25(21)30(26)33)18-36-31(37)27-11-12-29(42-27)40-24-16-22(34)15-23(35)17-24/h2-13,15-17,28H,14,18H2,1H3,(H,36,37). The van der Waals surface area contributed by atoms with E-state index in [1.165, 1.54) is 13.2 Å². The van der Waals surface area contributed by atoms with Crippen molar-refractivity contribution in [3.63, 3.8) is 0 Å². The summed E-state index contributed by atoms with van der Waals surface area (Å²) in [6.07, 6.45) is -0.439. The third-order valence-electron chi connectivity index (χ3n) is 6.29. The van der Waals surface area contributed by atoms with Crippen molar-refractivity contribution in [2.45, 2.75) is 19.1 Å². The molecular weight excluding hydrogens is 645 g/mol. The molecule has 1 N–H and O–H groups in total. The predicted octanol–water partition coefficient (Wildman–Crippen LogP) is 8.39. The molecule has 1 heterocycles. The van der Waals surface area contributed by atoms with E-state index in [2.05, 4.69) is 21.2 Å². The van der Waals surface area contributed by atoms with Gasteiger partial charge in [0.05, 0.1) is 11.6 Å². The lowest BCUT2D eigenvalue weighted by atomic mass is 10.1. The minimum atomic E-state index is -0.809. The lowest BCUT2D eigenvalue weighted by molar-refractivity contribution is -0.148. The fourth-order valence-corrected chi connectivity index (χ4v) is 5.37. The normalized spacial score (nSPS) is 11.6. The second-order valence-electron chi connectivity index (χ2n) is 9.26. The average Bonchev–Trinajstić information content (AvgIpc) is 3.45. The van der Waals surface area contributed by atoms with Crippen LogP contribution in [0.2, 0.25) is 10.0 Å². The van der Waals surface area contributed by atoms with Gasteiger partial charge in [0.2, 0.25) is 0 Å². The number of amides is 1. The molecule has 0 aliphatic carbocycles. The number of benzene rings is 4. The topological polar surface area (TPSA) is 87.0 Å². The molecule has 7 nitrogen and oxygen atoms in total. The first-order chi connectivity index (χ1) is 20.3. The highest BCUT2D eigenvalue weighted by Crippen LogP contribution is 2.35. The smallest absolute Gasteiger partial charge is 0.347 e. The molecule has 0 aliphatic rings. The maximum atomic E-state index is 12.7. The fraction of sp³-hybridized carbons (Fsp3) is 0.125. The molecule has 0 radical (unpaired) electrons. The van der Waals surface area contributed by atoms with Crippen LogP contribution in [-0.2, 0) is 22.5 Å². The van der Waals surface area contributed by atoms with Gasteiger partial charge in [0.15, 0.2) is 11.9 Å². The van der Waals surface area contributed by atoms with Gasteiger partial charge in [-0.1, -0.05) is 71.7 Å². The van der Waals surface area contributed by atoms with Crippen LogP contribution in [-0.4, -0.2) is 25.1 Å². The first-order valence-corrected chi connectivity index (χ1v) is 14.4. The summed E-state index contributed by atoms with van der Waals surface area (Å²) >= 11 is 15.6. The summed E-state index contributed by atoms with van der Waals surface area (Å²) in [6, 6.07) is 26.9. The number of nitrogens with one attached hydrogen (secondary N) is 1. The number of esters is 1. The molecule has 1 atom stereocenters. The van der Waals surface area contributed by atoms with E-state index < -0.39 is 18.0 Å². The summed E-state index contributed by atoms with van der Waals surface area (Å²) in [6.45, 7) is 0.271. The van der Waals surface area contributed by atoms with Crippen molar-refractivity contribution in [2.75, 3.05) is 7.11 Å². The van der Waals surface area contributed by atoms with Gasteiger partial charge in [0.1, 0.15) is 11.5 Å². The molecule has 0 saturated carbocycles. The molecule has 0 spiro atoms. The Hall–Kier alpha value is -3.98. The molecule has 5 aromatic rings. The number of methoxy groups -OCH3 is 1. The number of ether oxygens (including phenoxy) is 3. The molecule has 1 aromatic heterocycles. The Balaban J connectivity index is 1.24. The summed E-state index contributed by atoms with van der Waals surface area (Å²) in [5.74, 6) is 0.282. The van der Waals surface area contributed by atoms with Crippen molar-refractivity contribution in [3.8, 4) is 17.4 Å². The van der Waals surface area contributed by atoms with Gasteiger partial charge in [0.25, 0.3) is 11.9 Å². The third-order valence-corrected chi connectivity index (χ3v) is 7.55. The van der Waals surface area contributed by atoms with Crippen LogP contribution in [0.15, 0.2) is 99.9 Å². The molecule has 4 aromatic carbocycles. The summed E-state index contributed by atoms with van der Waals surface area (Å²) in [7, 11) is 1.34. The van der Waals surface area contributed by atoms with E-state index in [4.69, 9.17) is 41.8 Å². The van der Waals surface area contributed by atoms with Crippen LogP contribution < -0.4 is 14.8 Å². The number of carbonyl (C=O) groups excluding carboxylic acids is 2. The Kier molecular flexibility index (Phi) is 9.37. The van der Waals surface area contributed by atoms with E-state index in [1.54, 1.807) is 30.3 Å². The molecule has 1 amide bonds. The molecule has 0 bridgehead atoms. The Morgan fingerprint density at radius 1 is 0.905 bits per heavy atom. The molecule has 0 fully saturated rings. The van der Waals surface area contributed by atoms with Gasteiger partial charge in [-0.25, -0.2) is 4.79 Å². The van der Waals surface area contributed by atoms with Crippen molar-refractivity contribution >= 4 is 61.8 Å². The number of halogens is 3. The summed E-state index contributed by atoms with van der Waals surface area (Å²) < 4.78 is 23.0. The third kappa shape index (κ3) is 7.26. The van der Waals surface area contributed by atoms with Crippen LogP contribution in [0, 0.1) is 0 Å². The fourth-order valence-electron chi connectivity index (χ4n) is 4.28. The molecular formula is C32H24BrCl2NO6. The van der Waals surface area contributed by atoms with Crippen LogP contribution in [0.25, 0.3) is 10.8 Å². The van der Waals surface area contributed by atoms with Crippen LogP contribution >= 0.6 is 39.1 Å². The van der Waals surface area contributed by atoms with Crippen molar-refractivity contribution in [3.05, 3.63) is 122 Å². The van der Waals surface area contributed by atoms with Gasteiger partial charge in [-0.15, -0.1) is 0 Å². The number of fused-ring (bicyclic) bond motifs is 1. The number of rotatable bonds is 10. The predicted molar refractivity (Wildman–Crippen MR) is 165 cm³/mol. The first kappa shape index (κ1) is 29.5. The van der Waals surface area contributed by atoms with Crippen LogP contribution in [0.5, 0.6) is 17.4 Å². The maximum absolute atomic E-state index is 12.7. The minimum absolute atomic E-state index is 0.0964. The number of carbonyl (C=O) groups is 2. The maximum Gasteiger partial charge on any atom is 0.347 e. The number of furan rings is 1.